The Morgan fingerprint density at radius 3 is 2.52 bits per heavy atom. The van der Waals surface area contributed by atoms with E-state index in [-0.39, 0.29) is 12.2 Å². The van der Waals surface area contributed by atoms with Crippen LogP contribution in [0.25, 0.3) is 0 Å². The van der Waals surface area contributed by atoms with E-state index >= 15 is 0 Å². The zero-order valence-electron chi connectivity index (χ0n) is 15.1. The lowest BCUT2D eigenvalue weighted by Gasteiger charge is -2.37. The molecular weight excluding hydrogens is 318 g/mol. The number of ether oxygens (including phenoxy) is 2. The molecule has 1 atom stereocenters. The minimum Gasteiger partial charge on any atom is -0.475 e. The fourth-order valence-corrected chi connectivity index (χ4v) is 3.48. The van der Waals surface area contributed by atoms with Gasteiger partial charge in [-0.05, 0) is 31.9 Å². The van der Waals surface area contributed by atoms with Crippen LogP contribution in [0.3, 0.4) is 0 Å². The molecular formula is C19H29N3O3. The SMILES string of the molecule is CCOC(=O)CN1CCN(CN2CCC[C@@H]2Oc2ccccc2)CC1. The molecule has 2 aliphatic rings. The number of rotatable bonds is 7. The molecule has 0 aliphatic carbocycles. The van der Waals surface area contributed by atoms with Gasteiger partial charge in [-0.25, -0.2) is 0 Å². The van der Waals surface area contributed by atoms with Gasteiger partial charge in [-0.2, -0.15) is 0 Å². The van der Waals surface area contributed by atoms with Gasteiger partial charge < -0.3 is 9.47 Å². The first kappa shape index (κ1) is 18.2. The Hall–Kier alpha value is -1.63. The summed E-state index contributed by atoms with van der Waals surface area (Å²) >= 11 is 0. The molecule has 25 heavy (non-hydrogen) atoms. The number of likely N-dealkylation sites (tertiary alicyclic amines) is 1. The van der Waals surface area contributed by atoms with Gasteiger partial charge in [-0.3, -0.25) is 19.5 Å². The number of piperazine rings is 1. The molecule has 1 aromatic carbocycles. The van der Waals surface area contributed by atoms with Crippen LogP contribution in [0.1, 0.15) is 19.8 Å². The Morgan fingerprint density at radius 1 is 1.08 bits per heavy atom. The molecule has 3 rings (SSSR count). The molecule has 0 radical (unpaired) electrons. The lowest BCUT2D eigenvalue weighted by Crippen LogP contribution is -2.52. The molecule has 2 fully saturated rings. The fourth-order valence-electron chi connectivity index (χ4n) is 3.48. The van der Waals surface area contributed by atoms with E-state index in [2.05, 4.69) is 14.7 Å². The summed E-state index contributed by atoms with van der Waals surface area (Å²) in [6.07, 6.45) is 2.43. The minimum absolute atomic E-state index is 0.119. The number of hydrogen-bond donors (Lipinski definition) is 0. The number of benzene rings is 1. The number of hydrogen-bond acceptors (Lipinski definition) is 6. The second kappa shape index (κ2) is 9.17. The molecule has 0 saturated carbocycles. The van der Waals surface area contributed by atoms with Gasteiger partial charge in [0.1, 0.15) is 5.75 Å². The molecule has 2 heterocycles. The number of carbonyl (C=O) groups excluding carboxylic acids is 1. The Bertz CT molecular complexity index is 532. The van der Waals surface area contributed by atoms with E-state index in [0.29, 0.717) is 13.2 Å². The van der Waals surface area contributed by atoms with E-state index in [1.54, 1.807) is 0 Å². The highest BCUT2D eigenvalue weighted by Gasteiger charge is 2.29. The van der Waals surface area contributed by atoms with E-state index in [0.717, 1.165) is 51.6 Å². The van der Waals surface area contributed by atoms with E-state index in [4.69, 9.17) is 9.47 Å². The summed E-state index contributed by atoms with van der Waals surface area (Å²) in [5.41, 5.74) is 0. The predicted molar refractivity (Wildman–Crippen MR) is 96.3 cm³/mol. The second-order valence-corrected chi connectivity index (χ2v) is 6.68. The standard InChI is InChI=1S/C19H29N3O3/c1-2-24-19(23)15-20-11-13-21(14-12-20)16-22-10-6-9-18(22)25-17-7-4-3-5-8-17/h3-5,7-8,18H,2,6,9-16H2,1H3/t18-/m0/s1. The van der Waals surface area contributed by atoms with Crippen LogP contribution in [0.15, 0.2) is 30.3 Å². The monoisotopic (exact) mass is 347 g/mol. The van der Waals surface area contributed by atoms with Crippen LogP contribution < -0.4 is 4.74 Å². The molecule has 0 unspecified atom stereocenters. The van der Waals surface area contributed by atoms with Crippen molar-refractivity contribution in [2.45, 2.75) is 26.0 Å². The topological polar surface area (TPSA) is 45.2 Å². The van der Waals surface area contributed by atoms with Crippen molar-refractivity contribution in [2.24, 2.45) is 0 Å². The van der Waals surface area contributed by atoms with Gasteiger partial charge >= 0.3 is 5.97 Å². The van der Waals surface area contributed by atoms with Gasteiger partial charge in [0.05, 0.1) is 19.8 Å². The Balaban J connectivity index is 1.42. The molecule has 138 valence electrons. The Labute approximate surface area is 150 Å². The quantitative estimate of drug-likeness (QED) is 0.699. The van der Waals surface area contributed by atoms with Crippen LogP contribution in [0.5, 0.6) is 5.75 Å². The lowest BCUT2D eigenvalue weighted by molar-refractivity contribution is -0.144. The van der Waals surface area contributed by atoms with Crippen molar-refractivity contribution >= 4 is 5.97 Å². The maximum Gasteiger partial charge on any atom is 0.320 e. The van der Waals surface area contributed by atoms with Crippen molar-refractivity contribution in [3.8, 4) is 5.75 Å². The molecule has 0 bridgehead atoms. The normalized spacial score (nSPS) is 22.8. The molecule has 0 amide bonds. The highest BCUT2D eigenvalue weighted by molar-refractivity contribution is 5.71. The van der Waals surface area contributed by atoms with E-state index in [1.807, 2.05) is 37.3 Å². The van der Waals surface area contributed by atoms with Crippen LogP contribution in [-0.2, 0) is 9.53 Å². The van der Waals surface area contributed by atoms with Gasteiger partial charge in [0.2, 0.25) is 0 Å². The van der Waals surface area contributed by atoms with Crippen molar-refractivity contribution < 1.29 is 14.3 Å². The van der Waals surface area contributed by atoms with Crippen molar-refractivity contribution in [1.29, 1.82) is 0 Å². The van der Waals surface area contributed by atoms with E-state index in [1.165, 1.54) is 6.42 Å². The number of carbonyl (C=O) groups is 1. The zero-order valence-corrected chi connectivity index (χ0v) is 15.1. The van der Waals surface area contributed by atoms with Gasteiger partial charge in [0, 0.05) is 32.7 Å². The molecule has 0 N–H and O–H groups in total. The largest absolute Gasteiger partial charge is 0.475 e. The smallest absolute Gasteiger partial charge is 0.320 e. The van der Waals surface area contributed by atoms with Gasteiger partial charge in [-0.1, -0.05) is 18.2 Å². The molecule has 6 nitrogen and oxygen atoms in total. The van der Waals surface area contributed by atoms with E-state index < -0.39 is 0 Å². The summed E-state index contributed by atoms with van der Waals surface area (Å²) in [6, 6.07) is 10.1. The van der Waals surface area contributed by atoms with Crippen LogP contribution in [0, 0.1) is 0 Å². The molecule has 0 aromatic heterocycles. The van der Waals surface area contributed by atoms with Gasteiger partial charge in [0.25, 0.3) is 0 Å². The molecule has 2 aliphatic heterocycles. The zero-order chi connectivity index (χ0) is 17.5. The first-order valence-electron chi connectivity index (χ1n) is 9.30. The first-order valence-corrected chi connectivity index (χ1v) is 9.30. The molecule has 0 spiro atoms. The number of esters is 1. The van der Waals surface area contributed by atoms with Crippen LogP contribution >= 0.6 is 0 Å². The molecule has 2 saturated heterocycles. The van der Waals surface area contributed by atoms with Crippen molar-refractivity contribution in [3.63, 3.8) is 0 Å². The maximum absolute atomic E-state index is 11.6. The van der Waals surface area contributed by atoms with Crippen LogP contribution in [0.2, 0.25) is 0 Å². The molecule has 1 aromatic rings. The Kier molecular flexibility index (Phi) is 6.67. The average Bonchev–Trinajstić information content (AvgIpc) is 3.04. The van der Waals surface area contributed by atoms with Gasteiger partial charge in [0.15, 0.2) is 6.23 Å². The summed E-state index contributed by atoms with van der Waals surface area (Å²) in [5.74, 6) is 0.825. The van der Waals surface area contributed by atoms with Crippen LogP contribution in [0.4, 0.5) is 0 Å². The summed E-state index contributed by atoms with van der Waals surface area (Å²) in [4.78, 5) is 18.6. The van der Waals surface area contributed by atoms with Crippen molar-refractivity contribution in [1.82, 2.24) is 14.7 Å². The molecule has 6 heteroatoms. The lowest BCUT2D eigenvalue weighted by atomic mass is 10.3. The highest BCUT2D eigenvalue weighted by atomic mass is 16.5. The summed E-state index contributed by atoms with van der Waals surface area (Å²) in [7, 11) is 0. The summed E-state index contributed by atoms with van der Waals surface area (Å²) in [6.45, 7) is 8.52. The third-order valence-electron chi connectivity index (χ3n) is 4.82. The Morgan fingerprint density at radius 2 is 1.80 bits per heavy atom. The predicted octanol–water partition coefficient (Wildman–Crippen LogP) is 1.63. The minimum atomic E-state index is -0.119. The number of para-hydroxylation sites is 1. The maximum atomic E-state index is 11.6. The van der Waals surface area contributed by atoms with E-state index in [9.17, 15) is 4.79 Å². The van der Waals surface area contributed by atoms with Crippen LogP contribution in [-0.4, -0.2) is 79.4 Å². The fraction of sp³-hybridized carbons (Fsp3) is 0.632. The van der Waals surface area contributed by atoms with Gasteiger partial charge in [-0.15, -0.1) is 0 Å². The average molecular weight is 347 g/mol. The second-order valence-electron chi connectivity index (χ2n) is 6.68. The van der Waals surface area contributed by atoms with Crippen molar-refractivity contribution in [2.75, 3.05) is 52.5 Å². The summed E-state index contributed by atoms with van der Waals surface area (Å²) in [5, 5.41) is 0. The highest BCUT2D eigenvalue weighted by Crippen LogP contribution is 2.22. The first-order chi connectivity index (χ1) is 12.2. The summed E-state index contributed by atoms with van der Waals surface area (Å²) < 4.78 is 11.2. The number of nitrogens with zero attached hydrogens (tertiary/aromatic N) is 3. The van der Waals surface area contributed by atoms with Crippen molar-refractivity contribution in [3.05, 3.63) is 30.3 Å². The third-order valence-corrected chi connectivity index (χ3v) is 4.82. The third kappa shape index (κ3) is 5.42.